The molecule has 2 aromatic carbocycles. The van der Waals surface area contributed by atoms with Gasteiger partial charge in [0.1, 0.15) is 25.6 Å². The minimum atomic E-state index is -4.77. The molecule has 0 saturated heterocycles. The van der Waals surface area contributed by atoms with Gasteiger partial charge in [-0.3, -0.25) is 4.72 Å². The number of phenolic OH excluding ortho intramolecular Hbond substituents is 1. The van der Waals surface area contributed by atoms with Crippen LogP contribution in [0.1, 0.15) is 11.3 Å². The number of aromatic nitrogens is 1. The number of thiophene rings is 1. The minimum Gasteiger partial charge on any atom is -0.507 e. The number of phenols is 1. The highest BCUT2D eigenvalue weighted by atomic mass is 35.5. The fourth-order valence-electron chi connectivity index (χ4n) is 3.39. The van der Waals surface area contributed by atoms with E-state index in [9.17, 15) is 26.7 Å². The molecule has 2 aromatic heterocycles. The third-order valence-corrected chi connectivity index (χ3v) is 8.17. The van der Waals surface area contributed by atoms with Crippen molar-refractivity contribution in [3.63, 3.8) is 0 Å². The molecule has 0 aliphatic rings. The Balaban J connectivity index is 1.73. The van der Waals surface area contributed by atoms with Crippen LogP contribution in [0.3, 0.4) is 0 Å². The summed E-state index contributed by atoms with van der Waals surface area (Å²) in [5.74, 6) is -0.546. The molecule has 0 saturated carbocycles. The number of nitrogens with zero attached hydrogens (tertiary/aromatic N) is 1. The fraction of sp³-hybridized carbons (Fsp3) is 0.136. The summed E-state index contributed by atoms with van der Waals surface area (Å²) in [5, 5.41) is 10.4. The molecule has 2 N–H and O–H groups in total. The van der Waals surface area contributed by atoms with Gasteiger partial charge in [-0.1, -0.05) is 17.7 Å². The maximum absolute atomic E-state index is 12.9. The van der Waals surface area contributed by atoms with Gasteiger partial charge in [0.15, 0.2) is 0 Å². The number of hydrogen-bond donors (Lipinski definition) is 2. The Hall–Kier alpha value is -3.02. The summed E-state index contributed by atoms with van der Waals surface area (Å²) in [6.45, 7) is 1.83. The van der Waals surface area contributed by atoms with Gasteiger partial charge in [0.2, 0.25) is 0 Å². The van der Waals surface area contributed by atoms with Gasteiger partial charge in [-0.05, 0) is 48.9 Å². The number of alkyl halides is 3. The van der Waals surface area contributed by atoms with E-state index in [-0.39, 0.29) is 14.2 Å². The van der Waals surface area contributed by atoms with Crippen LogP contribution in [0.4, 0.5) is 18.9 Å². The zero-order valence-corrected chi connectivity index (χ0v) is 20.0. The van der Waals surface area contributed by atoms with Crippen LogP contribution >= 0.6 is 22.9 Å². The smallest absolute Gasteiger partial charge is 0.419 e. The standard InChI is InChI=1S/C22H16ClF3N2O4S2/c1-11-3-5-14-13(6-8-18(32-2)20(14)27-11)15-10-19(33-21(15)23)34(30,31)28-12-4-7-16(17(29)9-12)22(24,25)26/h3-10,28-29H,1-2H3. The van der Waals surface area contributed by atoms with E-state index in [1.54, 1.807) is 12.1 Å². The lowest BCUT2D eigenvalue weighted by Crippen LogP contribution is -2.12. The van der Waals surface area contributed by atoms with Crippen molar-refractivity contribution in [3.05, 3.63) is 64.1 Å². The van der Waals surface area contributed by atoms with Gasteiger partial charge in [-0.15, -0.1) is 11.3 Å². The molecule has 4 aromatic rings. The molecule has 0 fully saturated rings. The molecule has 2 heterocycles. The number of aromatic hydroxyl groups is 1. The van der Waals surface area contributed by atoms with Gasteiger partial charge in [-0.25, -0.2) is 13.4 Å². The van der Waals surface area contributed by atoms with Gasteiger partial charge in [0, 0.05) is 22.7 Å². The number of anilines is 1. The predicted molar refractivity (Wildman–Crippen MR) is 125 cm³/mol. The van der Waals surface area contributed by atoms with Crippen LogP contribution in [0, 0.1) is 6.92 Å². The summed E-state index contributed by atoms with van der Waals surface area (Å²) in [6, 6.07) is 10.7. The number of halogens is 4. The molecule has 12 heteroatoms. The maximum Gasteiger partial charge on any atom is 0.419 e. The zero-order chi connectivity index (χ0) is 24.8. The van der Waals surface area contributed by atoms with Crippen molar-refractivity contribution in [2.75, 3.05) is 11.8 Å². The molecule has 6 nitrogen and oxygen atoms in total. The Bertz CT molecular complexity index is 1520. The first-order chi connectivity index (χ1) is 15.9. The van der Waals surface area contributed by atoms with Crippen LogP contribution in [0.2, 0.25) is 4.34 Å². The van der Waals surface area contributed by atoms with Crippen molar-refractivity contribution >= 4 is 49.6 Å². The second-order valence-electron chi connectivity index (χ2n) is 7.25. The van der Waals surface area contributed by atoms with Gasteiger partial charge in [0.25, 0.3) is 10.0 Å². The van der Waals surface area contributed by atoms with E-state index in [1.165, 1.54) is 13.2 Å². The largest absolute Gasteiger partial charge is 0.507 e. The van der Waals surface area contributed by atoms with E-state index in [0.29, 0.717) is 39.9 Å². The Labute approximate surface area is 201 Å². The van der Waals surface area contributed by atoms with E-state index in [1.807, 2.05) is 19.1 Å². The number of nitrogens with one attached hydrogen (secondary N) is 1. The Morgan fingerprint density at radius 2 is 1.82 bits per heavy atom. The number of sulfonamides is 1. The van der Waals surface area contributed by atoms with Crippen LogP contribution in [0.5, 0.6) is 11.5 Å². The molecule has 0 bridgehead atoms. The lowest BCUT2D eigenvalue weighted by atomic mass is 10.0. The number of benzene rings is 2. The van der Waals surface area contributed by atoms with Gasteiger partial charge < -0.3 is 9.84 Å². The number of methoxy groups -OCH3 is 1. The minimum absolute atomic E-state index is 0.157. The number of hydrogen-bond acceptors (Lipinski definition) is 6. The maximum atomic E-state index is 12.9. The molecule has 0 atom stereocenters. The van der Waals surface area contributed by atoms with Crippen molar-refractivity contribution in [1.29, 1.82) is 0 Å². The number of pyridine rings is 1. The fourth-order valence-corrected chi connectivity index (χ4v) is 6.19. The molecule has 34 heavy (non-hydrogen) atoms. The Morgan fingerprint density at radius 1 is 1.09 bits per heavy atom. The van der Waals surface area contributed by atoms with Crippen molar-refractivity contribution in [2.45, 2.75) is 17.3 Å². The van der Waals surface area contributed by atoms with Gasteiger partial charge in [0.05, 0.1) is 18.4 Å². The van der Waals surface area contributed by atoms with E-state index in [0.717, 1.165) is 23.1 Å². The van der Waals surface area contributed by atoms with Crippen LogP contribution < -0.4 is 9.46 Å². The molecule has 0 unspecified atom stereocenters. The van der Waals surface area contributed by atoms with Crippen LogP contribution in [-0.4, -0.2) is 25.6 Å². The van der Waals surface area contributed by atoms with Gasteiger partial charge in [-0.2, -0.15) is 13.2 Å². The van der Waals surface area contributed by atoms with Crippen LogP contribution in [0.15, 0.2) is 52.7 Å². The molecule has 4 rings (SSSR count). The highest BCUT2D eigenvalue weighted by molar-refractivity contribution is 7.94. The number of aryl methyl sites for hydroxylation is 1. The molecule has 0 radical (unpaired) electrons. The molecule has 0 aliphatic carbocycles. The van der Waals surface area contributed by atoms with Crippen LogP contribution in [0.25, 0.3) is 22.0 Å². The quantitative estimate of drug-likeness (QED) is 0.310. The van der Waals surface area contributed by atoms with E-state index < -0.39 is 27.5 Å². The average molecular weight is 529 g/mol. The monoisotopic (exact) mass is 528 g/mol. The topological polar surface area (TPSA) is 88.5 Å². The van der Waals surface area contributed by atoms with Crippen LogP contribution in [-0.2, 0) is 16.2 Å². The lowest BCUT2D eigenvalue weighted by molar-refractivity contribution is -0.138. The Morgan fingerprint density at radius 3 is 2.47 bits per heavy atom. The molecular formula is C22H16ClF3N2O4S2. The predicted octanol–water partition coefficient (Wildman–Crippen LogP) is 6.46. The third kappa shape index (κ3) is 4.50. The highest BCUT2D eigenvalue weighted by Gasteiger charge is 2.34. The normalized spacial score (nSPS) is 12.2. The summed E-state index contributed by atoms with van der Waals surface area (Å²) in [7, 11) is -2.69. The summed E-state index contributed by atoms with van der Waals surface area (Å²) in [6.07, 6.45) is -4.77. The second-order valence-corrected chi connectivity index (χ2v) is 10.8. The van der Waals surface area contributed by atoms with Gasteiger partial charge >= 0.3 is 6.18 Å². The number of ether oxygens (including phenoxy) is 1. The number of rotatable bonds is 5. The molecule has 0 amide bonds. The summed E-state index contributed by atoms with van der Waals surface area (Å²) in [4.78, 5) is 4.51. The molecule has 0 aliphatic heterocycles. The van der Waals surface area contributed by atoms with Crippen molar-refractivity contribution in [3.8, 4) is 22.6 Å². The average Bonchev–Trinajstić information content (AvgIpc) is 3.14. The van der Waals surface area contributed by atoms with Crippen molar-refractivity contribution in [1.82, 2.24) is 4.98 Å². The summed E-state index contributed by atoms with van der Waals surface area (Å²) in [5.41, 5.74) is 0.939. The first kappa shape index (κ1) is 24.1. The van der Waals surface area contributed by atoms with E-state index >= 15 is 0 Å². The van der Waals surface area contributed by atoms with Crippen molar-refractivity contribution in [2.24, 2.45) is 0 Å². The zero-order valence-electron chi connectivity index (χ0n) is 17.6. The Kier molecular flexibility index (Phi) is 6.13. The summed E-state index contributed by atoms with van der Waals surface area (Å²) < 4.78 is 71.9. The highest BCUT2D eigenvalue weighted by Crippen LogP contribution is 2.43. The molecule has 178 valence electrons. The third-order valence-electron chi connectivity index (χ3n) is 4.95. The van der Waals surface area contributed by atoms with E-state index in [4.69, 9.17) is 16.3 Å². The van der Waals surface area contributed by atoms with E-state index in [2.05, 4.69) is 9.71 Å². The lowest BCUT2D eigenvalue weighted by Gasteiger charge is -2.11. The SMILES string of the molecule is COc1ccc(-c2cc(S(=O)(=O)Nc3ccc(C(F)(F)F)c(O)c3)sc2Cl)c2ccc(C)nc12. The molecule has 0 spiro atoms. The first-order valence-corrected chi connectivity index (χ1v) is 12.3. The molecular weight excluding hydrogens is 513 g/mol. The summed E-state index contributed by atoms with van der Waals surface area (Å²) >= 11 is 7.19. The first-order valence-electron chi connectivity index (χ1n) is 9.58. The number of fused-ring (bicyclic) bond motifs is 1. The van der Waals surface area contributed by atoms with Crippen molar-refractivity contribution < 1.29 is 31.4 Å². The second kappa shape index (κ2) is 8.64.